The molecule has 0 spiro atoms. The lowest BCUT2D eigenvalue weighted by molar-refractivity contribution is -0.141. The maximum absolute atomic E-state index is 11.1. The van der Waals surface area contributed by atoms with E-state index in [9.17, 15) is 4.79 Å². The fourth-order valence-corrected chi connectivity index (χ4v) is 1.51. The third-order valence-electron chi connectivity index (χ3n) is 2.65. The molecule has 0 aliphatic rings. The van der Waals surface area contributed by atoms with Crippen LogP contribution in [0.3, 0.4) is 0 Å². The Labute approximate surface area is 109 Å². The maximum atomic E-state index is 11.1. The quantitative estimate of drug-likeness (QED) is 0.844. The van der Waals surface area contributed by atoms with Crippen molar-refractivity contribution >= 4 is 18.4 Å². The Morgan fingerprint density at radius 2 is 1.71 bits per heavy atom. The predicted molar refractivity (Wildman–Crippen MR) is 71.3 cm³/mol. The summed E-state index contributed by atoms with van der Waals surface area (Å²) in [6, 6.07) is 7.77. The van der Waals surface area contributed by atoms with Gasteiger partial charge < -0.3 is 10.5 Å². The van der Waals surface area contributed by atoms with Crippen molar-refractivity contribution in [3.05, 3.63) is 35.4 Å². The van der Waals surface area contributed by atoms with E-state index >= 15 is 0 Å². The largest absolute Gasteiger partial charge is 0.469 e. The third kappa shape index (κ3) is 4.75. The Morgan fingerprint density at radius 3 is 2.12 bits per heavy atom. The van der Waals surface area contributed by atoms with Gasteiger partial charge in [-0.05, 0) is 17.0 Å². The Hall–Kier alpha value is -1.06. The number of halogens is 1. The zero-order chi connectivity index (χ0) is 12.1. The van der Waals surface area contributed by atoms with Gasteiger partial charge in [0.1, 0.15) is 0 Å². The van der Waals surface area contributed by atoms with Crippen molar-refractivity contribution in [1.82, 2.24) is 0 Å². The van der Waals surface area contributed by atoms with Crippen LogP contribution in [0.1, 0.15) is 43.4 Å². The van der Waals surface area contributed by atoms with Crippen molar-refractivity contribution in [2.24, 2.45) is 5.73 Å². The van der Waals surface area contributed by atoms with Gasteiger partial charge in [0, 0.05) is 6.04 Å². The molecule has 1 aromatic rings. The summed E-state index contributed by atoms with van der Waals surface area (Å²) in [5.41, 5.74) is 8.14. The molecule has 0 saturated carbocycles. The Bertz CT molecular complexity index is 349. The zero-order valence-corrected chi connectivity index (χ0v) is 11.3. The van der Waals surface area contributed by atoms with E-state index in [1.54, 1.807) is 0 Å². The molecule has 0 amide bonds. The van der Waals surface area contributed by atoms with E-state index in [2.05, 4.69) is 30.7 Å². The lowest BCUT2D eigenvalue weighted by Crippen LogP contribution is -2.16. The van der Waals surface area contributed by atoms with Crippen LogP contribution in [0.2, 0.25) is 0 Å². The Balaban J connectivity index is 0.00000256. The number of carbonyl (C=O) groups is 1. The van der Waals surface area contributed by atoms with E-state index in [-0.39, 0.29) is 30.8 Å². The van der Waals surface area contributed by atoms with Crippen molar-refractivity contribution in [3.8, 4) is 0 Å². The van der Waals surface area contributed by atoms with E-state index < -0.39 is 0 Å². The summed E-state index contributed by atoms with van der Waals surface area (Å²) in [4.78, 5) is 11.1. The molecule has 2 N–H and O–H groups in total. The second-order valence-electron chi connectivity index (χ2n) is 4.21. The lowest BCUT2D eigenvalue weighted by atomic mass is 9.98. The molecule has 0 unspecified atom stereocenters. The Morgan fingerprint density at radius 1 is 1.24 bits per heavy atom. The van der Waals surface area contributed by atoms with Gasteiger partial charge in [-0.2, -0.15) is 0 Å². The van der Waals surface area contributed by atoms with Crippen molar-refractivity contribution in [2.45, 2.75) is 32.2 Å². The normalized spacial score (nSPS) is 11.8. The molecule has 17 heavy (non-hydrogen) atoms. The number of nitrogens with two attached hydrogens (primary N) is 1. The number of methoxy groups -OCH3 is 1. The molecule has 96 valence electrons. The minimum atomic E-state index is -0.284. The van der Waals surface area contributed by atoms with Crippen molar-refractivity contribution in [3.63, 3.8) is 0 Å². The highest BCUT2D eigenvalue weighted by Crippen LogP contribution is 2.19. The molecule has 0 aromatic heterocycles. The van der Waals surface area contributed by atoms with Gasteiger partial charge in [0.05, 0.1) is 13.5 Å². The molecule has 0 saturated heterocycles. The first-order chi connectivity index (χ1) is 7.54. The van der Waals surface area contributed by atoms with Crippen molar-refractivity contribution in [2.75, 3.05) is 7.11 Å². The molecule has 1 atom stereocenters. The standard InChI is InChI=1S/C13H19NO2.ClH/c1-9(2)10-4-6-11(7-5-10)12(14)8-13(15)16-3;/h4-7,9,12H,8,14H2,1-3H3;1H/t12-;/m0./s1. The third-order valence-corrected chi connectivity index (χ3v) is 2.65. The maximum Gasteiger partial charge on any atom is 0.307 e. The van der Waals surface area contributed by atoms with E-state index in [1.807, 2.05) is 12.1 Å². The minimum absolute atomic E-state index is 0. The summed E-state index contributed by atoms with van der Waals surface area (Å²) in [7, 11) is 1.37. The average molecular weight is 258 g/mol. The van der Waals surface area contributed by atoms with Crippen LogP contribution in [0, 0.1) is 0 Å². The fraction of sp³-hybridized carbons (Fsp3) is 0.462. The van der Waals surface area contributed by atoms with Crippen LogP contribution < -0.4 is 5.73 Å². The SMILES string of the molecule is COC(=O)C[C@H](N)c1ccc(C(C)C)cc1.Cl. The molecule has 0 bridgehead atoms. The Kier molecular flexibility index (Phi) is 6.85. The van der Waals surface area contributed by atoms with Crippen LogP contribution in [0.5, 0.6) is 0 Å². The number of carbonyl (C=O) groups excluding carboxylic acids is 1. The summed E-state index contributed by atoms with van der Waals surface area (Å²) in [6.07, 6.45) is 0.220. The van der Waals surface area contributed by atoms with Crippen LogP contribution in [0.4, 0.5) is 0 Å². The summed E-state index contributed by atoms with van der Waals surface area (Å²) in [5, 5.41) is 0. The van der Waals surface area contributed by atoms with Crippen LogP contribution in [0.15, 0.2) is 24.3 Å². The molecule has 0 aliphatic carbocycles. The molecule has 0 heterocycles. The van der Waals surface area contributed by atoms with E-state index in [0.717, 1.165) is 5.56 Å². The van der Waals surface area contributed by atoms with Gasteiger partial charge in [0.25, 0.3) is 0 Å². The smallest absolute Gasteiger partial charge is 0.307 e. The number of hydrogen-bond donors (Lipinski definition) is 1. The van der Waals surface area contributed by atoms with Gasteiger partial charge in [-0.1, -0.05) is 38.1 Å². The first kappa shape index (κ1) is 15.9. The van der Waals surface area contributed by atoms with Gasteiger partial charge in [0.15, 0.2) is 0 Å². The molecule has 1 aromatic carbocycles. The minimum Gasteiger partial charge on any atom is -0.469 e. The lowest BCUT2D eigenvalue weighted by Gasteiger charge is -2.12. The summed E-state index contributed by atoms with van der Waals surface area (Å²) in [5.74, 6) is 0.228. The van der Waals surface area contributed by atoms with Crippen LogP contribution in [0.25, 0.3) is 0 Å². The van der Waals surface area contributed by atoms with Gasteiger partial charge in [-0.25, -0.2) is 0 Å². The molecule has 1 rings (SSSR count). The first-order valence-electron chi connectivity index (χ1n) is 5.47. The van der Waals surface area contributed by atoms with Gasteiger partial charge >= 0.3 is 5.97 Å². The van der Waals surface area contributed by atoms with E-state index in [0.29, 0.717) is 5.92 Å². The highest BCUT2D eigenvalue weighted by atomic mass is 35.5. The highest BCUT2D eigenvalue weighted by molar-refractivity contribution is 5.85. The zero-order valence-electron chi connectivity index (χ0n) is 10.5. The topological polar surface area (TPSA) is 52.3 Å². The van der Waals surface area contributed by atoms with Crippen molar-refractivity contribution in [1.29, 1.82) is 0 Å². The van der Waals surface area contributed by atoms with E-state index in [1.165, 1.54) is 12.7 Å². The molecular formula is C13H20ClNO2. The van der Waals surface area contributed by atoms with Crippen LogP contribution in [-0.4, -0.2) is 13.1 Å². The van der Waals surface area contributed by atoms with Crippen molar-refractivity contribution < 1.29 is 9.53 Å². The first-order valence-corrected chi connectivity index (χ1v) is 5.47. The monoisotopic (exact) mass is 257 g/mol. The molecule has 4 heteroatoms. The summed E-state index contributed by atoms with van der Waals surface area (Å²) < 4.78 is 4.59. The number of ether oxygens (including phenoxy) is 1. The molecule has 0 aliphatic heterocycles. The van der Waals surface area contributed by atoms with Gasteiger partial charge in [-0.15, -0.1) is 12.4 Å². The predicted octanol–water partition coefficient (Wildman–Crippen LogP) is 2.79. The number of rotatable bonds is 4. The second-order valence-corrected chi connectivity index (χ2v) is 4.21. The summed E-state index contributed by atoms with van der Waals surface area (Å²) >= 11 is 0. The van der Waals surface area contributed by atoms with Crippen LogP contribution in [-0.2, 0) is 9.53 Å². The van der Waals surface area contributed by atoms with Crippen LogP contribution >= 0.6 is 12.4 Å². The van der Waals surface area contributed by atoms with E-state index in [4.69, 9.17) is 5.73 Å². The molecule has 0 radical (unpaired) electrons. The highest BCUT2D eigenvalue weighted by Gasteiger charge is 2.11. The fourth-order valence-electron chi connectivity index (χ4n) is 1.51. The summed E-state index contributed by atoms with van der Waals surface area (Å²) in [6.45, 7) is 4.28. The molecule has 0 fully saturated rings. The number of benzene rings is 1. The average Bonchev–Trinajstić information content (AvgIpc) is 2.28. The number of esters is 1. The van der Waals surface area contributed by atoms with Gasteiger partial charge in [0.2, 0.25) is 0 Å². The second kappa shape index (κ2) is 7.30. The molecule has 3 nitrogen and oxygen atoms in total. The number of hydrogen-bond acceptors (Lipinski definition) is 3. The molecular weight excluding hydrogens is 238 g/mol. The van der Waals surface area contributed by atoms with Gasteiger partial charge in [-0.3, -0.25) is 4.79 Å².